The molecule has 0 spiro atoms. The van der Waals surface area contributed by atoms with Gasteiger partial charge in [0.15, 0.2) is 0 Å². The van der Waals surface area contributed by atoms with Crippen molar-refractivity contribution >= 4 is 21.6 Å². The van der Waals surface area contributed by atoms with Crippen LogP contribution in [0.2, 0.25) is 5.02 Å². The van der Waals surface area contributed by atoms with Crippen LogP contribution in [0.25, 0.3) is 0 Å². The van der Waals surface area contributed by atoms with Crippen LogP contribution in [-0.4, -0.2) is 30.7 Å². The van der Waals surface area contributed by atoms with Crippen molar-refractivity contribution in [2.45, 2.75) is 44.9 Å². The van der Waals surface area contributed by atoms with Crippen LogP contribution >= 0.6 is 11.6 Å². The number of nitrogens with zero attached hydrogens (tertiary/aromatic N) is 2. The lowest BCUT2D eigenvalue weighted by atomic mass is 10.0. The van der Waals surface area contributed by atoms with E-state index in [0.717, 1.165) is 0 Å². The molecule has 2 aromatic rings. The van der Waals surface area contributed by atoms with E-state index in [9.17, 15) is 8.42 Å². The lowest BCUT2D eigenvalue weighted by Crippen LogP contribution is -2.50. The molecule has 2 heterocycles. The van der Waals surface area contributed by atoms with Gasteiger partial charge in [0.1, 0.15) is 28.8 Å². The topological polar surface area (TPSA) is 94.3 Å². The molecule has 0 saturated heterocycles. The number of rotatable bonds is 9. The van der Waals surface area contributed by atoms with Crippen molar-refractivity contribution in [1.82, 2.24) is 14.9 Å². The van der Waals surface area contributed by atoms with Gasteiger partial charge in [0.05, 0.1) is 5.54 Å². The Morgan fingerprint density at radius 3 is 2.76 bits per heavy atom. The number of hydrogen-bond acceptors (Lipinski definition) is 6. The van der Waals surface area contributed by atoms with Crippen molar-refractivity contribution in [3.8, 4) is 5.88 Å². The monoisotopic (exact) mass is 387 g/mol. The highest BCUT2D eigenvalue weighted by Crippen LogP contribution is 2.22. The van der Waals surface area contributed by atoms with E-state index in [0.29, 0.717) is 29.3 Å². The maximum atomic E-state index is 12.5. The number of sulfonamides is 1. The van der Waals surface area contributed by atoms with Crippen LogP contribution in [0.5, 0.6) is 5.88 Å². The molecular formula is C16H22ClN3O4S. The maximum Gasteiger partial charge on any atom is 0.232 e. The minimum absolute atomic E-state index is 0.0957. The molecule has 2 aromatic heterocycles. The van der Waals surface area contributed by atoms with Crippen molar-refractivity contribution in [3.05, 3.63) is 40.9 Å². The first-order chi connectivity index (χ1) is 11.8. The fourth-order valence-electron chi connectivity index (χ4n) is 2.11. The number of ether oxygens (including phenoxy) is 1. The highest BCUT2D eigenvalue weighted by Gasteiger charge is 2.30. The quantitative estimate of drug-likeness (QED) is 0.710. The van der Waals surface area contributed by atoms with Gasteiger partial charge in [-0.1, -0.05) is 30.6 Å². The van der Waals surface area contributed by atoms with Crippen molar-refractivity contribution in [3.63, 3.8) is 0 Å². The molecule has 0 aliphatic rings. The fourth-order valence-corrected chi connectivity index (χ4v) is 3.83. The fraction of sp³-hybridized carbons (Fsp3) is 0.500. The summed E-state index contributed by atoms with van der Waals surface area (Å²) in [4.78, 5) is 4.04. The van der Waals surface area contributed by atoms with E-state index in [1.54, 1.807) is 31.3 Å². The zero-order valence-corrected chi connectivity index (χ0v) is 16.0. The van der Waals surface area contributed by atoms with Crippen LogP contribution < -0.4 is 9.46 Å². The van der Waals surface area contributed by atoms with Crippen molar-refractivity contribution in [2.24, 2.45) is 0 Å². The van der Waals surface area contributed by atoms with Gasteiger partial charge in [-0.3, -0.25) is 0 Å². The third-order valence-corrected chi connectivity index (χ3v) is 5.50. The summed E-state index contributed by atoms with van der Waals surface area (Å²) in [5.41, 5.74) is -0.437. The van der Waals surface area contributed by atoms with Gasteiger partial charge in [-0.2, -0.15) is 0 Å². The molecule has 0 radical (unpaired) electrons. The molecule has 1 unspecified atom stereocenters. The van der Waals surface area contributed by atoms with Crippen molar-refractivity contribution in [1.29, 1.82) is 0 Å². The SMILES string of the molecule is CCc1cc(CS(=O)(=O)NC(C)(CC)COc2ncccc2Cl)no1. The van der Waals surface area contributed by atoms with Crippen LogP contribution in [0.4, 0.5) is 0 Å². The molecule has 0 fully saturated rings. The molecule has 0 bridgehead atoms. The average Bonchev–Trinajstić information content (AvgIpc) is 3.00. The zero-order valence-electron chi connectivity index (χ0n) is 14.5. The lowest BCUT2D eigenvalue weighted by Gasteiger charge is -2.28. The highest BCUT2D eigenvalue weighted by molar-refractivity contribution is 7.88. The van der Waals surface area contributed by atoms with E-state index in [1.807, 2.05) is 13.8 Å². The number of aryl methyl sites for hydroxylation is 1. The maximum absolute atomic E-state index is 12.5. The molecule has 9 heteroatoms. The lowest BCUT2D eigenvalue weighted by molar-refractivity contribution is 0.204. The third-order valence-electron chi connectivity index (χ3n) is 3.73. The third kappa shape index (κ3) is 5.69. The Bertz CT molecular complexity index is 809. The van der Waals surface area contributed by atoms with Crippen LogP contribution in [0.15, 0.2) is 28.9 Å². The second-order valence-corrected chi connectivity index (χ2v) is 8.12. The average molecular weight is 388 g/mol. The van der Waals surface area contributed by atoms with Crippen LogP contribution in [0.1, 0.15) is 38.6 Å². The first kappa shape index (κ1) is 19.7. The number of halogens is 1. The molecule has 0 aromatic carbocycles. The Labute approximate surface area is 152 Å². The van der Waals surface area contributed by atoms with E-state index in [1.165, 1.54) is 0 Å². The number of pyridine rings is 1. The van der Waals surface area contributed by atoms with E-state index >= 15 is 0 Å². The molecular weight excluding hydrogens is 366 g/mol. The normalized spacial score (nSPS) is 14.2. The summed E-state index contributed by atoms with van der Waals surface area (Å²) in [6.07, 6.45) is 2.74. The molecule has 0 saturated carbocycles. The van der Waals surface area contributed by atoms with E-state index in [2.05, 4.69) is 14.9 Å². The summed E-state index contributed by atoms with van der Waals surface area (Å²) in [6.45, 7) is 5.64. The van der Waals surface area contributed by atoms with E-state index in [4.69, 9.17) is 20.9 Å². The smallest absolute Gasteiger partial charge is 0.232 e. The molecule has 1 N–H and O–H groups in total. The van der Waals surface area contributed by atoms with Crippen molar-refractivity contribution < 1.29 is 17.7 Å². The Balaban J connectivity index is 2.04. The summed E-state index contributed by atoms with van der Waals surface area (Å²) in [6, 6.07) is 5.00. The summed E-state index contributed by atoms with van der Waals surface area (Å²) in [5, 5.41) is 4.15. The number of hydrogen-bond donors (Lipinski definition) is 1. The summed E-state index contributed by atoms with van der Waals surface area (Å²) < 4.78 is 38.3. The summed E-state index contributed by atoms with van der Waals surface area (Å²) >= 11 is 6.01. The minimum atomic E-state index is -3.62. The van der Waals surface area contributed by atoms with Gasteiger partial charge in [-0.05, 0) is 25.5 Å². The molecule has 138 valence electrons. The summed E-state index contributed by atoms with van der Waals surface area (Å²) in [5.74, 6) is 0.667. The Morgan fingerprint density at radius 1 is 1.40 bits per heavy atom. The predicted molar refractivity (Wildman–Crippen MR) is 95.1 cm³/mol. The van der Waals surface area contributed by atoms with Crippen molar-refractivity contribution in [2.75, 3.05) is 6.61 Å². The van der Waals surface area contributed by atoms with E-state index < -0.39 is 15.6 Å². The Kier molecular flexibility index (Phi) is 6.42. The molecule has 2 rings (SSSR count). The predicted octanol–water partition coefficient (Wildman–Crippen LogP) is 2.95. The molecule has 7 nitrogen and oxygen atoms in total. The molecule has 0 aliphatic carbocycles. The van der Waals surface area contributed by atoms with E-state index in [-0.39, 0.29) is 18.2 Å². The highest BCUT2D eigenvalue weighted by atomic mass is 35.5. The molecule has 0 amide bonds. The summed E-state index contributed by atoms with van der Waals surface area (Å²) in [7, 11) is -3.62. The standard InChI is InChI=1S/C16H22ClN3O4S/c1-4-13-9-12(19-24-13)10-25(21,22)20-16(3,5-2)11-23-15-14(17)7-6-8-18-15/h6-9,20H,4-5,10-11H2,1-3H3. The first-order valence-corrected chi connectivity index (χ1v) is 9.99. The molecule has 1 atom stereocenters. The van der Waals surface area contributed by atoms with Crippen LogP contribution in [0.3, 0.4) is 0 Å². The minimum Gasteiger partial charge on any atom is -0.475 e. The van der Waals surface area contributed by atoms with Gasteiger partial charge in [-0.25, -0.2) is 18.1 Å². The Hall–Kier alpha value is -1.64. The number of nitrogens with one attached hydrogen (secondary N) is 1. The second kappa shape index (κ2) is 8.16. The van der Waals surface area contributed by atoms with Gasteiger partial charge in [0.25, 0.3) is 0 Å². The largest absolute Gasteiger partial charge is 0.475 e. The second-order valence-electron chi connectivity index (χ2n) is 5.99. The van der Waals surface area contributed by atoms with Gasteiger partial charge in [0, 0.05) is 18.7 Å². The molecule has 25 heavy (non-hydrogen) atoms. The first-order valence-electron chi connectivity index (χ1n) is 7.96. The van der Waals surface area contributed by atoms with Crippen LogP contribution in [0, 0.1) is 0 Å². The van der Waals surface area contributed by atoms with Gasteiger partial charge < -0.3 is 9.26 Å². The number of aromatic nitrogens is 2. The van der Waals surface area contributed by atoms with Gasteiger partial charge in [-0.15, -0.1) is 0 Å². The zero-order chi connectivity index (χ0) is 18.5. The Morgan fingerprint density at radius 2 is 2.16 bits per heavy atom. The van der Waals surface area contributed by atoms with Crippen LogP contribution in [-0.2, 0) is 22.2 Å². The van der Waals surface area contributed by atoms with Gasteiger partial charge in [0.2, 0.25) is 15.9 Å². The molecule has 0 aliphatic heterocycles. The van der Waals surface area contributed by atoms with Gasteiger partial charge >= 0.3 is 0 Å².